The number of methoxy groups -OCH3 is 2. The van der Waals surface area contributed by atoms with Crippen molar-refractivity contribution in [1.29, 1.82) is 0 Å². The first-order valence-electron chi connectivity index (χ1n) is 5.04. The van der Waals surface area contributed by atoms with Gasteiger partial charge in [-0.25, -0.2) is 0 Å². The van der Waals surface area contributed by atoms with Gasteiger partial charge in [0.2, 0.25) is 17.7 Å². The lowest BCUT2D eigenvalue weighted by Gasteiger charge is -2.07. The summed E-state index contributed by atoms with van der Waals surface area (Å²) >= 11 is 0. The van der Waals surface area contributed by atoms with Gasteiger partial charge in [-0.05, 0) is 6.07 Å². The van der Waals surface area contributed by atoms with Gasteiger partial charge in [0.05, 0.1) is 32.8 Å². The van der Waals surface area contributed by atoms with Crippen LogP contribution < -0.4 is 14.8 Å². The summed E-state index contributed by atoms with van der Waals surface area (Å²) in [5, 5.41) is 3.05. The summed E-state index contributed by atoms with van der Waals surface area (Å²) in [6.07, 6.45) is 3.27. The Labute approximate surface area is 98.6 Å². The van der Waals surface area contributed by atoms with E-state index in [4.69, 9.17) is 13.9 Å². The maximum absolute atomic E-state index is 5.04. The molecular weight excluding hydrogens is 222 g/mol. The highest BCUT2D eigenvalue weighted by Crippen LogP contribution is 2.17. The van der Waals surface area contributed by atoms with Crippen LogP contribution in [0.25, 0.3) is 0 Å². The van der Waals surface area contributed by atoms with Crippen LogP contribution in [0, 0.1) is 0 Å². The smallest absolute Gasteiger partial charge is 0.229 e. The summed E-state index contributed by atoms with van der Waals surface area (Å²) in [5.41, 5.74) is 1.01. The molecule has 6 heteroatoms. The van der Waals surface area contributed by atoms with E-state index in [2.05, 4.69) is 15.3 Å². The zero-order chi connectivity index (χ0) is 12.1. The molecule has 0 saturated heterocycles. The zero-order valence-electron chi connectivity index (χ0n) is 9.64. The van der Waals surface area contributed by atoms with Crippen molar-refractivity contribution < 1.29 is 13.9 Å². The maximum Gasteiger partial charge on any atom is 0.229 e. The lowest BCUT2D eigenvalue weighted by Crippen LogP contribution is -2.04. The van der Waals surface area contributed by atoms with E-state index in [1.165, 1.54) is 0 Å². The molecule has 0 fully saturated rings. The molecule has 2 aromatic heterocycles. The van der Waals surface area contributed by atoms with Gasteiger partial charge in [0.15, 0.2) is 0 Å². The van der Waals surface area contributed by atoms with Crippen LogP contribution in [0.3, 0.4) is 0 Å². The average Bonchev–Trinajstić information content (AvgIpc) is 2.89. The van der Waals surface area contributed by atoms with Crippen LogP contribution in [0.2, 0.25) is 0 Å². The van der Waals surface area contributed by atoms with Gasteiger partial charge < -0.3 is 19.2 Å². The van der Waals surface area contributed by atoms with Crippen molar-refractivity contribution in [1.82, 2.24) is 9.97 Å². The molecule has 0 saturated carbocycles. The van der Waals surface area contributed by atoms with Gasteiger partial charge in [0.25, 0.3) is 0 Å². The summed E-state index contributed by atoms with van der Waals surface area (Å²) < 4.78 is 15.1. The van der Waals surface area contributed by atoms with Gasteiger partial charge in [-0.2, -0.15) is 9.97 Å². The second-order valence-electron chi connectivity index (χ2n) is 3.26. The molecule has 6 nitrogen and oxygen atoms in total. The molecule has 0 amide bonds. The minimum atomic E-state index is 0.447. The standard InChI is InChI=1S/C11H13N3O3/c1-15-9-5-10(16-2)14-11(13-9)12-6-8-3-4-17-7-8/h3-5,7H,6H2,1-2H3,(H,12,13,14). The van der Waals surface area contributed by atoms with Crippen LogP contribution in [0.5, 0.6) is 11.8 Å². The number of hydrogen-bond donors (Lipinski definition) is 1. The molecule has 0 aromatic carbocycles. The van der Waals surface area contributed by atoms with E-state index in [1.807, 2.05) is 6.07 Å². The summed E-state index contributed by atoms with van der Waals surface area (Å²) in [5.74, 6) is 1.35. The fraction of sp³-hybridized carbons (Fsp3) is 0.273. The second kappa shape index (κ2) is 5.20. The highest BCUT2D eigenvalue weighted by Gasteiger charge is 2.05. The number of nitrogens with zero attached hydrogens (tertiary/aromatic N) is 2. The Balaban J connectivity index is 2.09. The van der Waals surface area contributed by atoms with Gasteiger partial charge in [-0.3, -0.25) is 0 Å². The molecule has 90 valence electrons. The van der Waals surface area contributed by atoms with E-state index in [1.54, 1.807) is 32.8 Å². The van der Waals surface area contributed by atoms with E-state index in [9.17, 15) is 0 Å². The largest absolute Gasteiger partial charge is 0.481 e. The van der Waals surface area contributed by atoms with Crippen molar-refractivity contribution in [2.75, 3.05) is 19.5 Å². The SMILES string of the molecule is COc1cc(OC)nc(NCc2ccoc2)n1. The predicted octanol–water partition coefficient (Wildman–Crippen LogP) is 1.70. The molecular formula is C11H13N3O3. The van der Waals surface area contributed by atoms with Gasteiger partial charge in [-0.15, -0.1) is 0 Å². The third-order valence-corrected chi connectivity index (χ3v) is 2.13. The third kappa shape index (κ3) is 2.87. The normalized spacial score (nSPS) is 10.0. The van der Waals surface area contributed by atoms with Crippen LogP contribution in [-0.4, -0.2) is 24.2 Å². The molecule has 2 heterocycles. The number of aromatic nitrogens is 2. The molecule has 17 heavy (non-hydrogen) atoms. The Morgan fingerprint density at radius 1 is 1.24 bits per heavy atom. The van der Waals surface area contributed by atoms with E-state index >= 15 is 0 Å². The van der Waals surface area contributed by atoms with Crippen molar-refractivity contribution in [2.45, 2.75) is 6.54 Å². The molecule has 0 aliphatic rings. The number of ether oxygens (including phenoxy) is 2. The fourth-order valence-corrected chi connectivity index (χ4v) is 1.27. The van der Waals surface area contributed by atoms with Crippen molar-refractivity contribution in [3.8, 4) is 11.8 Å². The summed E-state index contributed by atoms with van der Waals surface area (Å²) in [6.45, 7) is 0.576. The number of anilines is 1. The second-order valence-corrected chi connectivity index (χ2v) is 3.26. The molecule has 0 bridgehead atoms. The first-order valence-corrected chi connectivity index (χ1v) is 5.04. The van der Waals surface area contributed by atoms with Crippen LogP contribution >= 0.6 is 0 Å². The van der Waals surface area contributed by atoms with Crippen molar-refractivity contribution in [3.05, 3.63) is 30.2 Å². The predicted molar refractivity (Wildman–Crippen MR) is 61.2 cm³/mol. The van der Waals surface area contributed by atoms with E-state index in [0.717, 1.165) is 5.56 Å². The number of nitrogens with one attached hydrogen (secondary N) is 1. The highest BCUT2D eigenvalue weighted by molar-refractivity contribution is 5.34. The van der Waals surface area contributed by atoms with Crippen LogP contribution in [0.4, 0.5) is 5.95 Å². The van der Waals surface area contributed by atoms with E-state index in [0.29, 0.717) is 24.3 Å². The van der Waals surface area contributed by atoms with Crippen molar-refractivity contribution in [2.24, 2.45) is 0 Å². The monoisotopic (exact) mass is 235 g/mol. The van der Waals surface area contributed by atoms with Crippen LogP contribution in [0.1, 0.15) is 5.56 Å². The first kappa shape index (κ1) is 11.3. The Morgan fingerprint density at radius 2 is 1.94 bits per heavy atom. The number of hydrogen-bond acceptors (Lipinski definition) is 6. The zero-order valence-corrected chi connectivity index (χ0v) is 9.64. The molecule has 0 atom stereocenters. The number of furan rings is 1. The molecule has 0 unspecified atom stereocenters. The van der Waals surface area contributed by atoms with E-state index in [-0.39, 0.29) is 0 Å². The van der Waals surface area contributed by atoms with Gasteiger partial charge in [-0.1, -0.05) is 0 Å². The molecule has 0 radical (unpaired) electrons. The topological polar surface area (TPSA) is 69.4 Å². The third-order valence-electron chi connectivity index (χ3n) is 2.13. The Morgan fingerprint density at radius 3 is 2.47 bits per heavy atom. The van der Waals surface area contributed by atoms with Crippen molar-refractivity contribution in [3.63, 3.8) is 0 Å². The first-order chi connectivity index (χ1) is 8.31. The molecule has 0 aliphatic carbocycles. The Kier molecular flexibility index (Phi) is 3.44. The summed E-state index contributed by atoms with van der Waals surface area (Å²) in [6, 6.07) is 3.48. The number of rotatable bonds is 5. The van der Waals surface area contributed by atoms with E-state index < -0.39 is 0 Å². The van der Waals surface area contributed by atoms with Crippen LogP contribution in [0.15, 0.2) is 29.1 Å². The molecule has 1 N–H and O–H groups in total. The Hall–Kier alpha value is -2.24. The maximum atomic E-state index is 5.04. The molecule has 0 aliphatic heterocycles. The van der Waals surface area contributed by atoms with Crippen LogP contribution in [-0.2, 0) is 6.54 Å². The Bertz CT molecular complexity index is 449. The molecule has 2 rings (SSSR count). The lowest BCUT2D eigenvalue weighted by atomic mass is 10.3. The summed E-state index contributed by atoms with van der Waals surface area (Å²) in [4.78, 5) is 8.29. The fourth-order valence-electron chi connectivity index (χ4n) is 1.27. The lowest BCUT2D eigenvalue weighted by molar-refractivity contribution is 0.373. The van der Waals surface area contributed by atoms with Crippen molar-refractivity contribution >= 4 is 5.95 Å². The van der Waals surface area contributed by atoms with Gasteiger partial charge in [0.1, 0.15) is 0 Å². The quantitative estimate of drug-likeness (QED) is 0.850. The minimum Gasteiger partial charge on any atom is -0.481 e. The molecule has 2 aromatic rings. The highest BCUT2D eigenvalue weighted by atomic mass is 16.5. The molecule has 0 spiro atoms. The van der Waals surface area contributed by atoms with Gasteiger partial charge >= 0.3 is 0 Å². The minimum absolute atomic E-state index is 0.447. The summed E-state index contributed by atoms with van der Waals surface area (Å²) in [7, 11) is 3.09. The van der Waals surface area contributed by atoms with Gasteiger partial charge in [0, 0.05) is 12.1 Å². The average molecular weight is 235 g/mol.